The van der Waals surface area contributed by atoms with E-state index in [0.29, 0.717) is 6.61 Å². The molecule has 1 aliphatic heterocycles. The van der Waals surface area contributed by atoms with Crippen molar-refractivity contribution >= 4 is 8.07 Å². The van der Waals surface area contributed by atoms with Crippen LogP contribution in [0.25, 0.3) is 0 Å². The van der Waals surface area contributed by atoms with Gasteiger partial charge in [-0.05, 0) is 0 Å². The first kappa shape index (κ1) is 8.79. The highest BCUT2D eigenvalue weighted by Gasteiger charge is 2.42. The van der Waals surface area contributed by atoms with Crippen molar-refractivity contribution in [2.24, 2.45) is 0 Å². The molecule has 0 aromatic rings. The quantitative estimate of drug-likeness (QED) is 0.356. The Hall–Kier alpha value is -0.303. The van der Waals surface area contributed by atoms with Crippen molar-refractivity contribution in [2.75, 3.05) is 13.2 Å². The molecule has 1 fully saturated rings. The van der Waals surface area contributed by atoms with Gasteiger partial charge in [0, 0.05) is 0 Å². The molecule has 2 nitrogen and oxygen atoms in total. The van der Waals surface area contributed by atoms with E-state index in [-0.39, 0.29) is 6.61 Å². The molecule has 1 N–H and O–H groups in total. The summed E-state index contributed by atoms with van der Waals surface area (Å²) in [5, 5.41) is 8.84. The maximum atomic E-state index is 8.84. The first-order valence-electron chi connectivity index (χ1n) is 3.77. The topological polar surface area (TPSA) is 32.8 Å². The summed E-state index contributed by atoms with van der Waals surface area (Å²) in [6.07, 6.45) is 0. The molecule has 0 saturated carbocycles. The van der Waals surface area contributed by atoms with Crippen LogP contribution in [0.4, 0.5) is 0 Å². The summed E-state index contributed by atoms with van der Waals surface area (Å²) in [6, 6.07) is 0. The van der Waals surface area contributed by atoms with Crippen LogP contribution >= 0.6 is 0 Å². The zero-order valence-electron chi connectivity index (χ0n) is 7.27. The second-order valence-corrected chi connectivity index (χ2v) is 8.69. The SMILES string of the molecule is C[Si](C)(C)C#CC1(CO)CO1. The van der Waals surface area contributed by atoms with Crippen molar-refractivity contribution in [3.8, 4) is 11.5 Å². The highest BCUT2D eigenvalue weighted by molar-refractivity contribution is 6.83. The molecule has 1 aliphatic rings. The molecule has 1 atom stereocenters. The number of aliphatic hydroxyl groups is 1. The van der Waals surface area contributed by atoms with E-state index in [1.54, 1.807) is 0 Å². The molecule has 1 rings (SSSR count). The molecular weight excluding hydrogens is 156 g/mol. The van der Waals surface area contributed by atoms with Gasteiger partial charge < -0.3 is 9.84 Å². The average molecular weight is 170 g/mol. The van der Waals surface area contributed by atoms with Gasteiger partial charge in [0.25, 0.3) is 0 Å². The number of hydrogen-bond acceptors (Lipinski definition) is 2. The zero-order valence-corrected chi connectivity index (χ0v) is 8.27. The van der Waals surface area contributed by atoms with Gasteiger partial charge in [-0.1, -0.05) is 25.6 Å². The minimum absolute atomic E-state index is 0.0322. The van der Waals surface area contributed by atoms with Crippen molar-refractivity contribution in [1.29, 1.82) is 0 Å². The highest BCUT2D eigenvalue weighted by Crippen LogP contribution is 2.24. The third-order valence-corrected chi connectivity index (χ3v) is 2.29. The van der Waals surface area contributed by atoms with E-state index in [0.717, 1.165) is 0 Å². The molecule has 0 amide bonds. The van der Waals surface area contributed by atoms with Crippen molar-refractivity contribution in [1.82, 2.24) is 0 Å². The third kappa shape index (κ3) is 2.66. The van der Waals surface area contributed by atoms with E-state index in [1.807, 2.05) is 0 Å². The zero-order chi connectivity index (χ0) is 8.54. The molecular formula is C8H14O2Si. The lowest BCUT2D eigenvalue weighted by Gasteiger charge is -2.04. The second-order valence-electron chi connectivity index (χ2n) is 3.94. The number of rotatable bonds is 1. The first-order valence-corrected chi connectivity index (χ1v) is 7.27. The molecule has 11 heavy (non-hydrogen) atoms. The molecule has 3 heteroatoms. The van der Waals surface area contributed by atoms with Gasteiger partial charge in [-0.2, -0.15) is 0 Å². The van der Waals surface area contributed by atoms with Crippen LogP contribution < -0.4 is 0 Å². The number of aliphatic hydroxyl groups excluding tert-OH is 1. The standard InChI is InChI=1S/C8H14O2Si/c1-11(2,3)5-4-8(6-9)7-10-8/h9H,6-7H2,1-3H3. The summed E-state index contributed by atoms with van der Waals surface area (Å²) in [5.74, 6) is 3.00. The van der Waals surface area contributed by atoms with E-state index >= 15 is 0 Å². The van der Waals surface area contributed by atoms with Crippen molar-refractivity contribution in [3.63, 3.8) is 0 Å². The maximum absolute atomic E-state index is 8.84. The molecule has 1 unspecified atom stereocenters. The number of epoxide rings is 1. The van der Waals surface area contributed by atoms with Gasteiger partial charge in [-0.3, -0.25) is 0 Å². The predicted octanol–water partition coefficient (Wildman–Crippen LogP) is 0.628. The van der Waals surface area contributed by atoms with Gasteiger partial charge in [-0.25, -0.2) is 0 Å². The monoisotopic (exact) mass is 170 g/mol. The van der Waals surface area contributed by atoms with E-state index < -0.39 is 13.7 Å². The number of hydrogen-bond donors (Lipinski definition) is 1. The average Bonchev–Trinajstić information content (AvgIpc) is 2.63. The van der Waals surface area contributed by atoms with Gasteiger partial charge in [0.15, 0.2) is 5.60 Å². The summed E-state index contributed by atoms with van der Waals surface area (Å²) in [6.45, 7) is 7.15. The summed E-state index contributed by atoms with van der Waals surface area (Å²) in [7, 11) is -1.30. The minimum atomic E-state index is -1.30. The molecule has 0 aromatic heterocycles. The second kappa shape index (κ2) is 2.63. The van der Waals surface area contributed by atoms with Crippen molar-refractivity contribution < 1.29 is 9.84 Å². The van der Waals surface area contributed by atoms with Gasteiger partial charge >= 0.3 is 0 Å². The Morgan fingerprint density at radius 1 is 1.55 bits per heavy atom. The fourth-order valence-electron chi connectivity index (χ4n) is 0.592. The van der Waals surface area contributed by atoms with E-state index in [9.17, 15) is 0 Å². The summed E-state index contributed by atoms with van der Waals surface area (Å²) in [5.41, 5.74) is 2.71. The molecule has 0 aliphatic carbocycles. The van der Waals surface area contributed by atoms with Crippen LogP contribution in [0.15, 0.2) is 0 Å². The van der Waals surface area contributed by atoms with E-state index in [4.69, 9.17) is 9.84 Å². The lowest BCUT2D eigenvalue weighted by atomic mass is 10.2. The molecule has 0 radical (unpaired) electrons. The van der Waals surface area contributed by atoms with Gasteiger partial charge in [0.05, 0.1) is 13.2 Å². The third-order valence-electron chi connectivity index (χ3n) is 1.41. The largest absolute Gasteiger partial charge is 0.392 e. The van der Waals surface area contributed by atoms with E-state index in [2.05, 4.69) is 31.1 Å². The lowest BCUT2D eigenvalue weighted by molar-refractivity contribution is 0.209. The van der Waals surface area contributed by atoms with Crippen LogP contribution in [0.3, 0.4) is 0 Å². The maximum Gasteiger partial charge on any atom is 0.174 e. The molecule has 0 spiro atoms. The first-order chi connectivity index (χ1) is 4.97. The Labute approximate surface area is 68.6 Å². The van der Waals surface area contributed by atoms with Crippen molar-refractivity contribution in [2.45, 2.75) is 25.2 Å². The van der Waals surface area contributed by atoms with Crippen LogP contribution in [0.5, 0.6) is 0 Å². The summed E-state index contributed by atoms with van der Waals surface area (Å²) >= 11 is 0. The van der Waals surface area contributed by atoms with Gasteiger partial charge in [-0.15, -0.1) is 5.54 Å². The molecule has 62 valence electrons. The minimum Gasteiger partial charge on any atom is -0.392 e. The lowest BCUT2D eigenvalue weighted by Crippen LogP contribution is -2.20. The van der Waals surface area contributed by atoms with Crippen LogP contribution in [-0.2, 0) is 4.74 Å². The van der Waals surface area contributed by atoms with Crippen LogP contribution in [0, 0.1) is 11.5 Å². The Balaban J connectivity index is 2.57. The smallest absolute Gasteiger partial charge is 0.174 e. The fourth-order valence-corrected chi connectivity index (χ4v) is 1.19. The summed E-state index contributed by atoms with van der Waals surface area (Å²) < 4.78 is 5.04. The fraction of sp³-hybridized carbons (Fsp3) is 0.750. The van der Waals surface area contributed by atoms with Crippen molar-refractivity contribution in [3.05, 3.63) is 0 Å². The van der Waals surface area contributed by atoms with Crippen LogP contribution in [-0.4, -0.2) is 32.0 Å². The van der Waals surface area contributed by atoms with E-state index in [1.165, 1.54) is 0 Å². The van der Waals surface area contributed by atoms with Gasteiger partial charge in [0.2, 0.25) is 0 Å². The number of ether oxygens (including phenoxy) is 1. The molecule has 1 heterocycles. The molecule has 0 bridgehead atoms. The highest BCUT2D eigenvalue weighted by atomic mass is 28.3. The predicted molar refractivity (Wildman–Crippen MR) is 46.9 cm³/mol. The molecule has 0 aromatic carbocycles. The Bertz CT molecular complexity index is 202. The normalized spacial score (nSPS) is 29.1. The van der Waals surface area contributed by atoms with Crippen LogP contribution in [0.2, 0.25) is 19.6 Å². The Kier molecular flexibility index (Phi) is 2.10. The molecule has 1 saturated heterocycles. The summed E-state index contributed by atoms with van der Waals surface area (Å²) in [4.78, 5) is 0. The Morgan fingerprint density at radius 3 is 2.36 bits per heavy atom. The van der Waals surface area contributed by atoms with Crippen LogP contribution in [0.1, 0.15) is 0 Å². The van der Waals surface area contributed by atoms with Gasteiger partial charge in [0.1, 0.15) is 8.07 Å². The Morgan fingerprint density at radius 2 is 2.09 bits per heavy atom.